The first-order valence-corrected chi connectivity index (χ1v) is 20.9. The molecule has 0 spiro atoms. The van der Waals surface area contributed by atoms with Gasteiger partial charge in [0.05, 0.1) is 29.1 Å². The summed E-state index contributed by atoms with van der Waals surface area (Å²) in [6, 6.07) is 9.01. The van der Waals surface area contributed by atoms with Gasteiger partial charge in [-0.3, -0.25) is 14.6 Å². The van der Waals surface area contributed by atoms with Crippen molar-refractivity contribution >= 4 is 23.2 Å². The Balaban J connectivity index is 1.29. The lowest BCUT2D eigenvalue weighted by atomic mass is 9.65. The summed E-state index contributed by atoms with van der Waals surface area (Å²) in [4.78, 5) is 34.9. The largest absolute Gasteiger partial charge is 0.512 e. The number of piperidine rings is 2. The van der Waals surface area contributed by atoms with Crippen molar-refractivity contribution in [2.24, 2.45) is 5.41 Å². The Morgan fingerprint density at radius 1 is 1.00 bits per heavy atom. The molecule has 9 nitrogen and oxygen atoms in total. The number of benzene rings is 1. The van der Waals surface area contributed by atoms with Gasteiger partial charge in [0.1, 0.15) is 22.1 Å². The van der Waals surface area contributed by atoms with E-state index in [1.807, 2.05) is 31.2 Å². The summed E-state index contributed by atoms with van der Waals surface area (Å²) in [5.74, 6) is -1.03. The molecule has 2 aliphatic heterocycles. The Bertz CT molecular complexity index is 1970. The number of alkyl halides is 6. The first-order valence-electron chi connectivity index (χ1n) is 20.1. The number of nitrogens with zero attached hydrogens (tertiary/aromatic N) is 3. The van der Waals surface area contributed by atoms with Crippen molar-refractivity contribution in [2.45, 2.75) is 120 Å². The second-order valence-corrected chi connectivity index (χ2v) is 16.9. The zero-order valence-electron chi connectivity index (χ0n) is 33.5. The van der Waals surface area contributed by atoms with Gasteiger partial charge >= 0.3 is 12.4 Å². The van der Waals surface area contributed by atoms with E-state index in [4.69, 9.17) is 14.2 Å². The van der Waals surface area contributed by atoms with Crippen molar-refractivity contribution < 1.29 is 55.2 Å². The number of para-hydroxylation sites is 1. The van der Waals surface area contributed by atoms with Crippen LogP contribution in [-0.2, 0) is 27.5 Å². The fourth-order valence-corrected chi connectivity index (χ4v) is 9.66. The van der Waals surface area contributed by atoms with Gasteiger partial charge in [-0.25, -0.2) is 0 Å². The third-order valence-corrected chi connectivity index (χ3v) is 13.4. The van der Waals surface area contributed by atoms with Crippen LogP contribution < -0.4 is 9.47 Å². The summed E-state index contributed by atoms with van der Waals surface area (Å²) >= 11 is 0.395. The molecule has 1 saturated carbocycles. The van der Waals surface area contributed by atoms with E-state index in [9.17, 15) is 36.2 Å². The first-order chi connectivity index (χ1) is 27.9. The summed E-state index contributed by atoms with van der Waals surface area (Å²) in [5, 5.41) is 11.4. The van der Waals surface area contributed by atoms with E-state index >= 15 is 4.79 Å². The lowest BCUT2D eigenvalue weighted by Gasteiger charge is -2.51. The monoisotopic (exact) mass is 851 g/mol. The fourth-order valence-electron chi connectivity index (χ4n) is 8.99. The Morgan fingerprint density at radius 2 is 1.71 bits per heavy atom. The SMILES string of the molecule is C=C(O)C1(CC[C@@H](C)Oc2ccccc2C2(OC)CCN(C(=O)[C@]3(Oc4csc(C(F)(F)F)c4)CCCN(C(=O)c4ncccc4C(F)(F)F)[C@@H]3CCC)CC2)CCC1. The van der Waals surface area contributed by atoms with Gasteiger partial charge in [0.15, 0.2) is 0 Å². The molecule has 4 heterocycles. The number of likely N-dealkylation sites (tertiary alicyclic amines) is 2. The third-order valence-electron chi connectivity index (χ3n) is 12.4. The number of carbonyl (C=O) groups is 2. The van der Waals surface area contributed by atoms with Crippen LogP contribution >= 0.6 is 11.3 Å². The minimum Gasteiger partial charge on any atom is -0.512 e. The van der Waals surface area contributed by atoms with Crippen LogP contribution in [0.2, 0.25) is 0 Å². The average molecular weight is 852 g/mol. The number of ether oxygens (including phenoxy) is 3. The van der Waals surface area contributed by atoms with Gasteiger partial charge in [-0.05, 0) is 76.5 Å². The molecule has 2 saturated heterocycles. The van der Waals surface area contributed by atoms with E-state index in [0.717, 1.165) is 61.0 Å². The maximum absolute atomic E-state index is 15.1. The Labute approximate surface area is 344 Å². The summed E-state index contributed by atoms with van der Waals surface area (Å²) < 4.78 is 103. The lowest BCUT2D eigenvalue weighted by Crippen LogP contribution is -2.68. The number of allylic oxidation sites excluding steroid dienone is 1. The molecule has 3 fully saturated rings. The van der Waals surface area contributed by atoms with Gasteiger partial charge in [-0.1, -0.05) is 44.5 Å². The number of halogens is 6. The zero-order chi connectivity index (χ0) is 42.8. The highest BCUT2D eigenvalue weighted by atomic mass is 32.1. The molecular weight excluding hydrogens is 801 g/mol. The normalized spacial score (nSPS) is 22.3. The molecule has 3 aliphatic rings. The van der Waals surface area contributed by atoms with Crippen LogP contribution in [0, 0.1) is 5.41 Å². The van der Waals surface area contributed by atoms with Gasteiger partial charge in [-0.15, -0.1) is 11.3 Å². The molecule has 322 valence electrons. The van der Waals surface area contributed by atoms with E-state index in [1.54, 1.807) is 18.9 Å². The molecule has 1 aliphatic carbocycles. The number of rotatable bonds is 14. The van der Waals surface area contributed by atoms with Crippen LogP contribution in [0.15, 0.2) is 66.4 Å². The smallest absolute Gasteiger partial charge is 0.425 e. The van der Waals surface area contributed by atoms with Gasteiger partial charge < -0.3 is 29.1 Å². The topological polar surface area (TPSA) is 101 Å². The maximum Gasteiger partial charge on any atom is 0.425 e. The number of methoxy groups -OCH3 is 1. The number of carbonyl (C=O) groups excluding carboxylic acids is 2. The molecule has 16 heteroatoms. The standard InChI is InChI=1S/C43H51F6N3O6S/c1-5-11-34-41(58-30-26-35(59-27-30)43(47,48)49,18-10-23-52(34)37(54)36-32(42(44,45)46)13-8-22-50-36)38(55)51-24-20-40(56-4,21-25-51)31-12-6-7-14-33(31)57-28(2)15-19-39(29(3)53)16-9-17-39/h6-8,12-14,22,26-28,34,53H,3,5,9-11,15-21,23-25H2,1-2,4H3/t28-,34-,41+/m1/s1. The van der Waals surface area contributed by atoms with Crippen molar-refractivity contribution in [3.63, 3.8) is 0 Å². The third kappa shape index (κ3) is 8.94. The zero-order valence-corrected chi connectivity index (χ0v) is 34.3. The van der Waals surface area contributed by atoms with E-state index in [0.29, 0.717) is 42.8 Å². The van der Waals surface area contributed by atoms with Crippen LogP contribution in [0.4, 0.5) is 26.3 Å². The highest BCUT2D eigenvalue weighted by Gasteiger charge is 2.57. The highest BCUT2D eigenvalue weighted by molar-refractivity contribution is 7.10. The summed E-state index contributed by atoms with van der Waals surface area (Å²) in [6.07, 6.45) is -3.29. The second kappa shape index (κ2) is 17.3. The molecule has 1 aromatic carbocycles. The maximum atomic E-state index is 15.1. The Hall–Kier alpha value is -4.31. The fraction of sp³-hybridized carbons (Fsp3) is 0.558. The minimum absolute atomic E-state index is 0.00276. The van der Waals surface area contributed by atoms with Crippen molar-refractivity contribution in [2.75, 3.05) is 26.7 Å². The number of aliphatic hydroxyl groups excluding tert-OH is 1. The molecular formula is C43H51F6N3O6S. The number of aliphatic hydroxyl groups is 1. The van der Waals surface area contributed by atoms with Crippen LogP contribution in [-0.4, -0.2) is 76.2 Å². The van der Waals surface area contributed by atoms with E-state index in [2.05, 4.69) is 11.6 Å². The highest BCUT2D eigenvalue weighted by Crippen LogP contribution is 2.50. The number of pyridine rings is 1. The number of hydrogen-bond donors (Lipinski definition) is 1. The van der Waals surface area contributed by atoms with Crippen LogP contribution in [0.3, 0.4) is 0 Å². The molecule has 59 heavy (non-hydrogen) atoms. The molecule has 3 atom stereocenters. The van der Waals surface area contributed by atoms with E-state index in [-0.39, 0.29) is 61.9 Å². The molecule has 3 aromatic rings. The van der Waals surface area contributed by atoms with Crippen LogP contribution in [0.1, 0.15) is 111 Å². The summed E-state index contributed by atoms with van der Waals surface area (Å²) in [7, 11) is 1.58. The average Bonchev–Trinajstić information content (AvgIpc) is 3.67. The van der Waals surface area contributed by atoms with Crippen LogP contribution in [0.5, 0.6) is 11.5 Å². The molecule has 0 unspecified atom stereocenters. The van der Waals surface area contributed by atoms with E-state index < -0.39 is 57.5 Å². The summed E-state index contributed by atoms with van der Waals surface area (Å²) in [6.45, 7) is 7.79. The molecule has 2 amide bonds. The Kier molecular flexibility index (Phi) is 13.0. The predicted octanol–water partition coefficient (Wildman–Crippen LogP) is 10.4. The first kappa shape index (κ1) is 44.2. The van der Waals surface area contributed by atoms with Gasteiger partial charge in [-0.2, -0.15) is 26.3 Å². The van der Waals surface area contributed by atoms with Crippen LogP contribution in [0.25, 0.3) is 0 Å². The van der Waals surface area contributed by atoms with Gasteiger partial charge in [0.25, 0.3) is 11.8 Å². The van der Waals surface area contributed by atoms with Gasteiger partial charge in [0, 0.05) is 61.8 Å². The number of thiophene rings is 1. The van der Waals surface area contributed by atoms with E-state index in [1.165, 1.54) is 4.90 Å². The molecule has 0 radical (unpaired) electrons. The molecule has 6 rings (SSSR count). The van der Waals surface area contributed by atoms with Crippen molar-refractivity contribution in [3.05, 3.63) is 88.1 Å². The number of hydrogen-bond acceptors (Lipinski definition) is 8. The second-order valence-electron chi connectivity index (χ2n) is 16.0. The Morgan fingerprint density at radius 3 is 2.31 bits per heavy atom. The van der Waals surface area contributed by atoms with Crippen molar-refractivity contribution in [3.8, 4) is 11.5 Å². The minimum atomic E-state index is -4.90. The quantitative estimate of drug-likeness (QED) is 0.127. The van der Waals surface area contributed by atoms with Crippen molar-refractivity contribution in [1.29, 1.82) is 0 Å². The molecule has 0 bridgehead atoms. The summed E-state index contributed by atoms with van der Waals surface area (Å²) in [5.41, 5.74) is -4.40. The number of amides is 2. The molecule has 1 N–H and O–H groups in total. The van der Waals surface area contributed by atoms with Crippen molar-refractivity contribution in [1.82, 2.24) is 14.8 Å². The lowest BCUT2D eigenvalue weighted by molar-refractivity contribution is -0.164. The molecule has 2 aromatic heterocycles. The number of aromatic nitrogens is 1. The predicted molar refractivity (Wildman–Crippen MR) is 209 cm³/mol. The van der Waals surface area contributed by atoms with Gasteiger partial charge in [0.2, 0.25) is 5.60 Å².